The highest BCUT2D eigenvalue weighted by Crippen LogP contribution is 2.23. The van der Waals surface area contributed by atoms with Gasteiger partial charge in [0, 0.05) is 38.3 Å². The number of ether oxygens (including phenoxy) is 1. The second kappa shape index (κ2) is 11.4. The van der Waals surface area contributed by atoms with Crippen LogP contribution in [0, 0.1) is 5.92 Å². The van der Waals surface area contributed by atoms with Crippen molar-refractivity contribution in [3.63, 3.8) is 0 Å². The number of benzene rings is 1. The number of amides is 4. The molecule has 1 aromatic carbocycles. The Labute approximate surface area is 178 Å². The standard InChI is InChI=1S/C22H34N4O4/c1-5-23-22(29)26-13-11-16(12-14-26)19(21(28)25(6-2)7-3)24-20(27)17-9-8-10-18(15-17)30-4/h8-10,15-16,19H,5-7,11-14H2,1-4H3,(H,23,29)(H,24,27). The van der Waals surface area contributed by atoms with Crippen LogP contribution in [-0.4, -0.2) is 73.5 Å². The van der Waals surface area contributed by atoms with Crippen LogP contribution in [0.15, 0.2) is 24.3 Å². The predicted octanol–water partition coefficient (Wildman–Crippen LogP) is 2.10. The molecule has 2 rings (SSSR count). The molecule has 4 amide bonds. The van der Waals surface area contributed by atoms with E-state index in [-0.39, 0.29) is 23.8 Å². The first kappa shape index (κ1) is 23.5. The number of rotatable bonds is 8. The van der Waals surface area contributed by atoms with Crippen LogP contribution < -0.4 is 15.4 Å². The lowest BCUT2D eigenvalue weighted by molar-refractivity contribution is -0.134. The molecule has 0 spiro atoms. The number of likely N-dealkylation sites (N-methyl/N-ethyl adjacent to an activating group) is 1. The lowest BCUT2D eigenvalue weighted by Crippen LogP contribution is -2.55. The van der Waals surface area contributed by atoms with E-state index >= 15 is 0 Å². The number of urea groups is 1. The van der Waals surface area contributed by atoms with Gasteiger partial charge in [-0.25, -0.2) is 4.79 Å². The smallest absolute Gasteiger partial charge is 0.317 e. The Balaban J connectivity index is 2.16. The fourth-order valence-corrected chi connectivity index (χ4v) is 3.80. The number of hydrogen-bond acceptors (Lipinski definition) is 4. The van der Waals surface area contributed by atoms with Crippen LogP contribution in [0.3, 0.4) is 0 Å². The highest BCUT2D eigenvalue weighted by atomic mass is 16.5. The number of nitrogens with zero attached hydrogens (tertiary/aromatic N) is 2. The average molecular weight is 419 g/mol. The molecule has 1 heterocycles. The number of carbonyl (C=O) groups excluding carboxylic acids is 3. The quantitative estimate of drug-likeness (QED) is 0.676. The molecule has 8 nitrogen and oxygen atoms in total. The van der Waals surface area contributed by atoms with Crippen molar-refractivity contribution >= 4 is 17.8 Å². The van der Waals surface area contributed by atoms with E-state index in [0.717, 1.165) is 0 Å². The molecule has 166 valence electrons. The van der Waals surface area contributed by atoms with Crippen LogP contribution in [0.5, 0.6) is 5.75 Å². The summed E-state index contributed by atoms with van der Waals surface area (Å²) in [5.41, 5.74) is 0.450. The summed E-state index contributed by atoms with van der Waals surface area (Å²) >= 11 is 0. The van der Waals surface area contributed by atoms with E-state index in [1.807, 2.05) is 20.8 Å². The number of nitrogens with one attached hydrogen (secondary N) is 2. The third kappa shape index (κ3) is 5.87. The van der Waals surface area contributed by atoms with Crippen molar-refractivity contribution in [3.8, 4) is 5.75 Å². The van der Waals surface area contributed by atoms with E-state index in [2.05, 4.69) is 10.6 Å². The molecule has 1 unspecified atom stereocenters. The van der Waals surface area contributed by atoms with E-state index in [1.165, 1.54) is 0 Å². The largest absolute Gasteiger partial charge is 0.497 e. The molecule has 1 aliphatic rings. The summed E-state index contributed by atoms with van der Waals surface area (Å²) in [6.45, 7) is 8.62. The average Bonchev–Trinajstić information content (AvgIpc) is 2.78. The van der Waals surface area contributed by atoms with Crippen molar-refractivity contribution in [1.82, 2.24) is 20.4 Å². The molecule has 0 aromatic heterocycles. The maximum Gasteiger partial charge on any atom is 0.317 e. The molecule has 1 aliphatic heterocycles. The van der Waals surface area contributed by atoms with Crippen molar-refractivity contribution in [2.45, 2.75) is 39.7 Å². The van der Waals surface area contributed by atoms with Crippen molar-refractivity contribution < 1.29 is 19.1 Å². The monoisotopic (exact) mass is 418 g/mol. The van der Waals surface area contributed by atoms with Gasteiger partial charge in [0.25, 0.3) is 5.91 Å². The lowest BCUT2D eigenvalue weighted by atomic mass is 9.88. The number of methoxy groups -OCH3 is 1. The van der Waals surface area contributed by atoms with Gasteiger partial charge < -0.3 is 25.2 Å². The number of carbonyl (C=O) groups is 3. The fourth-order valence-electron chi connectivity index (χ4n) is 3.80. The van der Waals surface area contributed by atoms with Crippen molar-refractivity contribution in [2.75, 3.05) is 39.8 Å². The zero-order chi connectivity index (χ0) is 22.1. The molecule has 1 aromatic rings. The van der Waals surface area contributed by atoms with Crippen molar-refractivity contribution in [1.29, 1.82) is 0 Å². The number of likely N-dealkylation sites (tertiary alicyclic amines) is 1. The first-order valence-electron chi connectivity index (χ1n) is 10.7. The minimum atomic E-state index is -0.625. The van der Waals surface area contributed by atoms with Crippen LogP contribution in [-0.2, 0) is 4.79 Å². The topological polar surface area (TPSA) is 91.0 Å². The summed E-state index contributed by atoms with van der Waals surface area (Å²) in [7, 11) is 1.55. The number of hydrogen-bond donors (Lipinski definition) is 2. The molecule has 1 atom stereocenters. The van der Waals surface area contributed by atoms with E-state index in [4.69, 9.17) is 4.74 Å². The van der Waals surface area contributed by atoms with Gasteiger partial charge in [0.1, 0.15) is 11.8 Å². The van der Waals surface area contributed by atoms with Gasteiger partial charge in [-0.1, -0.05) is 6.07 Å². The summed E-state index contributed by atoms with van der Waals surface area (Å²) in [6, 6.07) is 6.18. The van der Waals surface area contributed by atoms with Crippen LogP contribution in [0.2, 0.25) is 0 Å². The van der Waals surface area contributed by atoms with Crippen LogP contribution in [0.25, 0.3) is 0 Å². The summed E-state index contributed by atoms with van der Waals surface area (Å²) in [5, 5.41) is 5.78. The van der Waals surface area contributed by atoms with Crippen LogP contribution in [0.4, 0.5) is 4.79 Å². The summed E-state index contributed by atoms with van der Waals surface area (Å²) in [5.74, 6) is 0.182. The second-order valence-electron chi connectivity index (χ2n) is 7.35. The highest BCUT2D eigenvalue weighted by Gasteiger charge is 2.35. The van der Waals surface area contributed by atoms with Crippen LogP contribution >= 0.6 is 0 Å². The molecule has 1 fully saturated rings. The number of piperidine rings is 1. The predicted molar refractivity (Wildman–Crippen MR) is 116 cm³/mol. The minimum Gasteiger partial charge on any atom is -0.497 e. The third-order valence-electron chi connectivity index (χ3n) is 5.59. The molecular weight excluding hydrogens is 384 g/mol. The van der Waals surface area contributed by atoms with Gasteiger partial charge >= 0.3 is 6.03 Å². The molecule has 1 saturated heterocycles. The first-order valence-corrected chi connectivity index (χ1v) is 10.7. The van der Waals surface area contributed by atoms with Crippen LogP contribution in [0.1, 0.15) is 44.0 Å². The normalized spacial score (nSPS) is 15.3. The minimum absolute atomic E-state index is 0.0293. The Hall–Kier alpha value is -2.77. The summed E-state index contributed by atoms with van der Waals surface area (Å²) in [6.07, 6.45) is 1.32. The van der Waals surface area contributed by atoms with Gasteiger partial charge in [-0.15, -0.1) is 0 Å². The maximum atomic E-state index is 13.2. The Morgan fingerprint density at radius 1 is 1.17 bits per heavy atom. The van der Waals surface area contributed by atoms with Gasteiger partial charge in [0.15, 0.2) is 0 Å². The Bertz CT molecular complexity index is 728. The Kier molecular flexibility index (Phi) is 8.95. The molecular formula is C22H34N4O4. The summed E-state index contributed by atoms with van der Waals surface area (Å²) < 4.78 is 5.20. The first-order chi connectivity index (χ1) is 14.4. The zero-order valence-corrected chi connectivity index (χ0v) is 18.4. The third-order valence-corrected chi connectivity index (χ3v) is 5.59. The van der Waals surface area contributed by atoms with Gasteiger partial charge in [0.2, 0.25) is 5.91 Å². The van der Waals surface area contributed by atoms with E-state index in [9.17, 15) is 14.4 Å². The van der Waals surface area contributed by atoms with E-state index < -0.39 is 6.04 Å². The lowest BCUT2D eigenvalue weighted by Gasteiger charge is -2.37. The fraction of sp³-hybridized carbons (Fsp3) is 0.591. The van der Waals surface area contributed by atoms with Gasteiger partial charge in [-0.05, 0) is 57.7 Å². The van der Waals surface area contributed by atoms with Gasteiger partial charge in [-0.3, -0.25) is 9.59 Å². The van der Waals surface area contributed by atoms with Gasteiger partial charge in [0.05, 0.1) is 7.11 Å². The van der Waals surface area contributed by atoms with Gasteiger partial charge in [-0.2, -0.15) is 0 Å². The molecule has 0 saturated carbocycles. The van der Waals surface area contributed by atoms with E-state index in [1.54, 1.807) is 41.2 Å². The van der Waals surface area contributed by atoms with E-state index in [0.29, 0.717) is 56.9 Å². The second-order valence-corrected chi connectivity index (χ2v) is 7.35. The zero-order valence-electron chi connectivity index (χ0n) is 18.4. The molecule has 0 aliphatic carbocycles. The molecule has 0 bridgehead atoms. The maximum absolute atomic E-state index is 13.2. The molecule has 8 heteroatoms. The van der Waals surface area contributed by atoms with Crippen molar-refractivity contribution in [2.24, 2.45) is 5.92 Å². The molecule has 2 N–H and O–H groups in total. The molecule has 0 radical (unpaired) electrons. The Morgan fingerprint density at radius 3 is 2.40 bits per heavy atom. The molecule has 30 heavy (non-hydrogen) atoms. The van der Waals surface area contributed by atoms with Crippen molar-refractivity contribution in [3.05, 3.63) is 29.8 Å². The Morgan fingerprint density at radius 2 is 1.83 bits per heavy atom. The highest BCUT2D eigenvalue weighted by molar-refractivity contribution is 5.98. The summed E-state index contributed by atoms with van der Waals surface area (Å²) in [4.78, 5) is 41.7. The SMILES string of the molecule is CCNC(=O)N1CCC(C(NC(=O)c2cccc(OC)c2)C(=O)N(CC)CC)CC1.